The molecule has 2 heterocycles. The molecule has 0 amide bonds. The van der Waals surface area contributed by atoms with Gasteiger partial charge in [-0.1, -0.05) is 0 Å². The van der Waals surface area contributed by atoms with Gasteiger partial charge < -0.3 is 19.8 Å². The van der Waals surface area contributed by atoms with Crippen LogP contribution in [0.1, 0.15) is 18.2 Å². The molecule has 0 bridgehead atoms. The normalized spacial score (nSPS) is 11.7. The van der Waals surface area contributed by atoms with Crippen molar-refractivity contribution in [3.8, 4) is 22.9 Å². The van der Waals surface area contributed by atoms with Crippen LogP contribution in [-0.2, 0) is 0 Å². The summed E-state index contributed by atoms with van der Waals surface area (Å²) in [6.07, 6.45) is 1.64. The molecule has 1 unspecified atom stereocenters. The molecule has 0 radical (unpaired) electrons. The van der Waals surface area contributed by atoms with Gasteiger partial charge in [0.1, 0.15) is 29.2 Å². The Morgan fingerprint density at radius 1 is 1.11 bits per heavy atom. The van der Waals surface area contributed by atoms with Gasteiger partial charge in [0, 0.05) is 23.0 Å². The first kappa shape index (κ1) is 19.4. The predicted molar refractivity (Wildman–Crippen MR) is 109 cm³/mol. The first-order chi connectivity index (χ1) is 13.5. The maximum Gasteiger partial charge on any atom is 0.254 e. The van der Waals surface area contributed by atoms with Gasteiger partial charge in [-0.05, 0) is 57.2 Å². The standard InChI is InChI=1S/C21H24N4O3/c1-13(28-18-8-6-17(27-4)7-9-18)11-22-19-10-5-16(12-23-19)20-24-15(3)14(2)21(26)25-20/h5-10,12-13H,11H2,1-4H3,(H,22,23)(H,24,25,26). The van der Waals surface area contributed by atoms with E-state index in [2.05, 4.69) is 20.3 Å². The number of benzene rings is 1. The van der Waals surface area contributed by atoms with Crippen LogP contribution >= 0.6 is 0 Å². The highest BCUT2D eigenvalue weighted by atomic mass is 16.5. The highest BCUT2D eigenvalue weighted by molar-refractivity contribution is 5.56. The van der Waals surface area contributed by atoms with Crippen molar-refractivity contribution in [3.05, 3.63) is 64.2 Å². The smallest absolute Gasteiger partial charge is 0.254 e. The van der Waals surface area contributed by atoms with Crippen molar-refractivity contribution in [1.82, 2.24) is 15.0 Å². The minimum absolute atomic E-state index is 0.0485. The van der Waals surface area contributed by atoms with Crippen LogP contribution in [0.15, 0.2) is 47.4 Å². The highest BCUT2D eigenvalue weighted by Gasteiger charge is 2.08. The molecule has 0 aliphatic carbocycles. The summed E-state index contributed by atoms with van der Waals surface area (Å²) in [5, 5.41) is 3.24. The molecule has 1 aromatic carbocycles. The number of nitrogens with one attached hydrogen (secondary N) is 2. The lowest BCUT2D eigenvalue weighted by molar-refractivity contribution is 0.234. The van der Waals surface area contributed by atoms with Crippen LogP contribution in [0, 0.1) is 13.8 Å². The predicted octanol–water partition coefficient (Wildman–Crippen LogP) is 3.34. The Bertz CT molecular complexity index is 982. The molecule has 0 aliphatic rings. The summed E-state index contributed by atoms with van der Waals surface area (Å²) in [5.74, 6) is 2.81. The van der Waals surface area contributed by atoms with E-state index in [1.54, 1.807) is 20.2 Å². The Morgan fingerprint density at radius 3 is 2.43 bits per heavy atom. The summed E-state index contributed by atoms with van der Waals surface area (Å²) in [7, 11) is 1.63. The number of aryl methyl sites for hydroxylation is 1. The molecule has 0 saturated heterocycles. The summed E-state index contributed by atoms with van der Waals surface area (Å²) >= 11 is 0. The average Bonchev–Trinajstić information content (AvgIpc) is 2.71. The monoisotopic (exact) mass is 380 g/mol. The zero-order chi connectivity index (χ0) is 20.1. The Kier molecular flexibility index (Phi) is 5.93. The zero-order valence-corrected chi connectivity index (χ0v) is 16.4. The lowest BCUT2D eigenvalue weighted by atomic mass is 10.2. The Hall–Kier alpha value is -3.35. The number of rotatable bonds is 7. The number of hydrogen-bond acceptors (Lipinski definition) is 6. The van der Waals surface area contributed by atoms with Gasteiger partial charge in [0.05, 0.1) is 13.7 Å². The second-order valence-electron chi connectivity index (χ2n) is 6.54. The molecule has 2 aromatic heterocycles. The van der Waals surface area contributed by atoms with Crippen molar-refractivity contribution >= 4 is 5.82 Å². The van der Waals surface area contributed by atoms with Gasteiger partial charge in [-0.25, -0.2) is 9.97 Å². The van der Waals surface area contributed by atoms with Crippen molar-refractivity contribution in [3.63, 3.8) is 0 Å². The quantitative estimate of drug-likeness (QED) is 0.653. The molecule has 146 valence electrons. The van der Waals surface area contributed by atoms with Crippen LogP contribution in [0.5, 0.6) is 11.5 Å². The van der Waals surface area contributed by atoms with E-state index in [4.69, 9.17) is 9.47 Å². The van der Waals surface area contributed by atoms with Crippen LogP contribution in [0.3, 0.4) is 0 Å². The Balaban J connectivity index is 1.58. The van der Waals surface area contributed by atoms with Gasteiger partial charge in [0.2, 0.25) is 0 Å². The average molecular weight is 380 g/mol. The molecule has 7 nitrogen and oxygen atoms in total. The summed E-state index contributed by atoms with van der Waals surface area (Å²) in [6, 6.07) is 11.2. The first-order valence-corrected chi connectivity index (χ1v) is 9.05. The molecular weight excluding hydrogens is 356 g/mol. The topological polar surface area (TPSA) is 89.1 Å². The molecule has 2 N–H and O–H groups in total. The molecule has 0 fully saturated rings. The number of nitrogens with zero attached hydrogens (tertiary/aromatic N) is 2. The van der Waals surface area contributed by atoms with Crippen molar-refractivity contribution in [1.29, 1.82) is 0 Å². The van der Waals surface area contributed by atoms with Gasteiger partial charge in [0.25, 0.3) is 5.56 Å². The van der Waals surface area contributed by atoms with Gasteiger partial charge in [-0.15, -0.1) is 0 Å². The summed E-state index contributed by atoms with van der Waals surface area (Å²) in [6.45, 7) is 6.15. The van der Waals surface area contributed by atoms with E-state index in [1.807, 2.05) is 50.2 Å². The van der Waals surface area contributed by atoms with Gasteiger partial charge in [-0.3, -0.25) is 4.79 Å². The lowest BCUT2D eigenvalue weighted by Gasteiger charge is -2.16. The van der Waals surface area contributed by atoms with Crippen LogP contribution in [0.4, 0.5) is 5.82 Å². The van der Waals surface area contributed by atoms with E-state index in [0.717, 1.165) is 22.9 Å². The largest absolute Gasteiger partial charge is 0.497 e. The third kappa shape index (κ3) is 4.68. The molecule has 28 heavy (non-hydrogen) atoms. The zero-order valence-electron chi connectivity index (χ0n) is 16.4. The van der Waals surface area contributed by atoms with Crippen LogP contribution < -0.4 is 20.3 Å². The van der Waals surface area contributed by atoms with Crippen molar-refractivity contribution in [2.75, 3.05) is 19.0 Å². The SMILES string of the molecule is COc1ccc(OC(C)CNc2ccc(-c3nc(C)c(C)c(=O)[nH]3)cn2)cc1. The molecule has 3 aromatic rings. The number of anilines is 1. The lowest BCUT2D eigenvalue weighted by Crippen LogP contribution is -2.23. The summed E-state index contributed by atoms with van der Waals surface area (Å²) in [5.41, 5.74) is 1.97. The molecular formula is C21H24N4O3. The number of aromatic amines is 1. The molecule has 1 atom stereocenters. The van der Waals surface area contributed by atoms with E-state index < -0.39 is 0 Å². The van der Waals surface area contributed by atoms with Crippen molar-refractivity contribution in [2.45, 2.75) is 26.9 Å². The molecule has 3 rings (SSSR count). The maximum atomic E-state index is 11.9. The molecule has 0 saturated carbocycles. The second kappa shape index (κ2) is 8.56. The number of ether oxygens (including phenoxy) is 2. The van der Waals surface area contributed by atoms with Crippen LogP contribution in [-0.4, -0.2) is 34.7 Å². The van der Waals surface area contributed by atoms with Crippen molar-refractivity contribution < 1.29 is 9.47 Å². The number of aromatic nitrogens is 3. The Labute approximate surface area is 163 Å². The van der Waals surface area contributed by atoms with Gasteiger partial charge in [-0.2, -0.15) is 0 Å². The minimum atomic E-state index is -0.130. The van der Waals surface area contributed by atoms with E-state index >= 15 is 0 Å². The third-order valence-electron chi connectivity index (χ3n) is 4.40. The fraction of sp³-hybridized carbons (Fsp3) is 0.286. The van der Waals surface area contributed by atoms with Gasteiger partial charge in [0.15, 0.2) is 0 Å². The van der Waals surface area contributed by atoms with E-state index in [1.165, 1.54) is 0 Å². The number of methoxy groups -OCH3 is 1. The number of hydrogen-bond donors (Lipinski definition) is 2. The van der Waals surface area contributed by atoms with Crippen molar-refractivity contribution in [2.24, 2.45) is 0 Å². The van der Waals surface area contributed by atoms with Crippen LogP contribution in [0.2, 0.25) is 0 Å². The third-order valence-corrected chi connectivity index (χ3v) is 4.40. The number of pyridine rings is 1. The first-order valence-electron chi connectivity index (χ1n) is 9.05. The summed E-state index contributed by atoms with van der Waals surface area (Å²) in [4.78, 5) is 23.5. The minimum Gasteiger partial charge on any atom is -0.497 e. The second-order valence-corrected chi connectivity index (χ2v) is 6.54. The van der Waals surface area contributed by atoms with Crippen LogP contribution in [0.25, 0.3) is 11.4 Å². The highest BCUT2D eigenvalue weighted by Crippen LogP contribution is 2.19. The maximum absolute atomic E-state index is 11.9. The molecule has 7 heteroatoms. The van der Waals surface area contributed by atoms with Gasteiger partial charge >= 0.3 is 0 Å². The molecule has 0 spiro atoms. The van der Waals surface area contributed by atoms with E-state index in [0.29, 0.717) is 23.6 Å². The fourth-order valence-corrected chi connectivity index (χ4v) is 2.60. The van der Waals surface area contributed by atoms with E-state index in [9.17, 15) is 4.79 Å². The fourth-order valence-electron chi connectivity index (χ4n) is 2.60. The number of H-pyrrole nitrogens is 1. The molecule has 0 aliphatic heterocycles. The Morgan fingerprint density at radius 2 is 1.82 bits per heavy atom. The summed E-state index contributed by atoms with van der Waals surface area (Å²) < 4.78 is 11.0. The van der Waals surface area contributed by atoms with E-state index in [-0.39, 0.29) is 11.7 Å².